The van der Waals surface area contributed by atoms with E-state index in [4.69, 9.17) is 10.2 Å². The number of aliphatic hydroxyl groups is 4. The molecule has 0 bridgehead atoms. The van der Waals surface area contributed by atoms with E-state index in [2.05, 4.69) is 15.6 Å². The number of aliphatic imine (C=N–C) groups is 1. The molecule has 0 radical (unpaired) electrons. The zero-order valence-corrected chi connectivity index (χ0v) is 13.2. The number of aliphatic hydroxyl groups excluding tert-OH is 4. The molecule has 1 aromatic rings. The lowest BCUT2D eigenvalue weighted by atomic mass is 10.1. The van der Waals surface area contributed by atoms with Crippen LogP contribution in [0.25, 0.3) is 0 Å². The van der Waals surface area contributed by atoms with Gasteiger partial charge in [0.2, 0.25) is 6.08 Å². The molecule has 0 aromatic heterocycles. The fraction of sp³-hybridized carbons (Fsp3) is 0.400. The number of isocyanates is 1. The second-order valence-corrected chi connectivity index (χ2v) is 5.06. The lowest BCUT2D eigenvalue weighted by molar-refractivity contribution is 0.0800. The molecule has 0 aliphatic heterocycles. The first kappa shape index (κ1) is 20.4. The first-order valence-electron chi connectivity index (χ1n) is 7.28. The van der Waals surface area contributed by atoms with E-state index in [0.717, 1.165) is 0 Å². The van der Waals surface area contributed by atoms with Crippen molar-refractivity contribution in [3.63, 3.8) is 0 Å². The summed E-state index contributed by atoms with van der Waals surface area (Å²) in [4.78, 5) is 37.9. The number of carbonyl (C=O) groups excluding carboxylic acids is 3. The summed E-state index contributed by atoms with van der Waals surface area (Å²) in [6.07, 6.45) is -0.972. The van der Waals surface area contributed by atoms with E-state index < -0.39 is 37.2 Å². The van der Waals surface area contributed by atoms with Crippen molar-refractivity contribution >= 4 is 23.6 Å². The third-order valence-electron chi connectivity index (χ3n) is 3.03. The van der Waals surface area contributed by atoms with E-state index in [1.54, 1.807) is 0 Å². The molecule has 0 aliphatic rings. The molecule has 25 heavy (non-hydrogen) atoms. The van der Waals surface area contributed by atoms with Crippen molar-refractivity contribution in [1.29, 1.82) is 0 Å². The number of rotatable bonds is 9. The molecule has 0 heterocycles. The fourth-order valence-corrected chi connectivity index (χ4v) is 1.74. The lowest BCUT2D eigenvalue weighted by Gasteiger charge is -2.12. The molecule has 1 aromatic carbocycles. The van der Waals surface area contributed by atoms with E-state index in [0.29, 0.717) is 0 Å². The molecule has 1 rings (SSSR count). The van der Waals surface area contributed by atoms with E-state index in [-0.39, 0.29) is 29.9 Å². The zero-order valence-electron chi connectivity index (χ0n) is 13.2. The highest BCUT2D eigenvalue weighted by Crippen LogP contribution is 2.18. The van der Waals surface area contributed by atoms with Crippen molar-refractivity contribution in [2.45, 2.75) is 12.2 Å². The normalized spacial score (nSPS) is 12.6. The van der Waals surface area contributed by atoms with E-state index in [9.17, 15) is 24.6 Å². The Hall–Kier alpha value is -2.62. The van der Waals surface area contributed by atoms with Crippen LogP contribution >= 0.6 is 0 Å². The molecule has 10 nitrogen and oxygen atoms in total. The average molecular weight is 353 g/mol. The molecule has 0 aliphatic carbocycles. The smallest absolute Gasteiger partial charge is 0.251 e. The Morgan fingerprint density at radius 2 is 1.40 bits per heavy atom. The maximum atomic E-state index is 12.1. The summed E-state index contributed by atoms with van der Waals surface area (Å²) in [6.45, 7) is -1.48. The number of amides is 2. The number of nitrogens with zero attached hydrogens (tertiary/aromatic N) is 1. The van der Waals surface area contributed by atoms with Crippen LogP contribution in [0.1, 0.15) is 20.7 Å². The first-order valence-corrected chi connectivity index (χ1v) is 7.28. The number of carbonyl (C=O) groups is 2. The SMILES string of the molecule is O=C=Nc1cc(C(=O)NCC(O)CO)cc(C(=O)NCC(O)CO)c1. The van der Waals surface area contributed by atoms with Crippen LogP contribution < -0.4 is 10.6 Å². The van der Waals surface area contributed by atoms with Gasteiger partial charge in [-0.05, 0) is 18.2 Å². The molecule has 0 saturated carbocycles. The van der Waals surface area contributed by atoms with E-state index >= 15 is 0 Å². The minimum Gasteiger partial charge on any atom is -0.394 e. The van der Waals surface area contributed by atoms with E-state index in [1.165, 1.54) is 24.3 Å². The quantitative estimate of drug-likeness (QED) is 0.217. The Morgan fingerprint density at radius 3 is 1.76 bits per heavy atom. The number of benzene rings is 1. The van der Waals surface area contributed by atoms with Crippen molar-refractivity contribution < 1.29 is 34.8 Å². The number of nitrogens with one attached hydrogen (secondary N) is 2. The third-order valence-corrected chi connectivity index (χ3v) is 3.03. The summed E-state index contributed by atoms with van der Waals surface area (Å²) in [7, 11) is 0. The Bertz CT molecular complexity index is 614. The van der Waals surface area contributed by atoms with Crippen LogP contribution in [0.4, 0.5) is 5.69 Å². The maximum Gasteiger partial charge on any atom is 0.251 e. The van der Waals surface area contributed by atoms with Gasteiger partial charge in [0, 0.05) is 24.2 Å². The monoisotopic (exact) mass is 353 g/mol. The van der Waals surface area contributed by atoms with Crippen molar-refractivity contribution in [2.75, 3.05) is 26.3 Å². The molecule has 0 fully saturated rings. The molecular formula is C15H19N3O7. The molecule has 0 saturated heterocycles. The van der Waals surface area contributed by atoms with Crippen LogP contribution in [0.15, 0.2) is 23.2 Å². The van der Waals surface area contributed by atoms with Crippen LogP contribution in [-0.4, -0.2) is 76.8 Å². The summed E-state index contributed by atoms with van der Waals surface area (Å²) in [5, 5.41) is 40.6. The van der Waals surface area contributed by atoms with Gasteiger partial charge in [0.05, 0.1) is 31.1 Å². The van der Waals surface area contributed by atoms with Gasteiger partial charge in [0.15, 0.2) is 0 Å². The van der Waals surface area contributed by atoms with Gasteiger partial charge in [0.25, 0.3) is 11.8 Å². The van der Waals surface area contributed by atoms with Crippen LogP contribution in [0.5, 0.6) is 0 Å². The van der Waals surface area contributed by atoms with Gasteiger partial charge in [-0.2, -0.15) is 4.99 Å². The Morgan fingerprint density at radius 1 is 0.960 bits per heavy atom. The minimum absolute atomic E-state index is 0.00510. The fourth-order valence-electron chi connectivity index (χ4n) is 1.74. The van der Waals surface area contributed by atoms with Gasteiger partial charge >= 0.3 is 0 Å². The molecule has 2 amide bonds. The third kappa shape index (κ3) is 6.79. The zero-order chi connectivity index (χ0) is 18.8. The van der Waals surface area contributed by atoms with Gasteiger partial charge < -0.3 is 31.1 Å². The van der Waals surface area contributed by atoms with Crippen molar-refractivity contribution in [1.82, 2.24) is 10.6 Å². The summed E-state index contributed by atoms with van der Waals surface area (Å²) < 4.78 is 0. The maximum absolute atomic E-state index is 12.1. The predicted octanol–water partition coefficient (Wildman–Crippen LogP) is -2.18. The first-order chi connectivity index (χ1) is 11.9. The standard InChI is InChI=1S/C15H19N3O7/c19-6-12(22)4-16-14(24)9-1-10(3-11(2-9)18-8-21)15(25)17-5-13(23)7-20/h1-3,12-13,19-20,22-23H,4-7H2,(H,16,24)(H,17,25). The van der Waals surface area contributed by atoms with Crippen LogP contribution in [0.3, 0.4) is 0 Å². The van der Waals surface area contributed by atoms with Crippen molar-refractivity contribution in [3.8, 4) is 0 Å². The van der Waals surface area contributed by atoms with Gasteiger partial charge in [0.1, 0.15) is 0 Å². The molecule has 6 N–H and O–H groups in total. The van der Waals surface area contributed by atoms with Crippen LogP contribution in [0, 0.1) is 0 Å². The molecule has 136 valence electrons. The van der Waals surface area contributed by atoms with Gasteiger partial charge in [-0.1, -0.05) is 0 Å². The summed E-state index contributed by atoms with van der Waals surface area (Å²) in [5.41, 5.74) is 0.00204. The molecule has 0 spiro atoms. The topological polar surface area (TPSA) is 169 Å². The van der Waals surface area contributed by atoms with E-state index in [1.807, 2.05) is 0 Å². The lowest BCUT2D eigenvalue weighted by Crippen LogP contribution is -2.35. The van der Waals surface area contributed by atoms with Gasteiger partial charge in [-0.15, -0.1) is 0 Å². The summed E-state index contributed by atoms with van der Waals surface area (Å²) >= 11 is 0. The highest BCUT2D eigenvalue weighted by molar-refractivity contribution is 6.01. The van der Waals surface area contributed by atoms with Gasteiger partial charge in [-0.25, -0.2) is 4.79 Å². The molecular weight excluding hydrogens is 334 g/mol. The Labute approximate surface area is 142 Å². The van der Waals surface area contributed by atoms with Gasteiger partial charge in [-0.3, -0.25) is 9.59 Å². The van der Waals surface area contributed by atoms with Crippen LogP contribution in [-0.2, 0) is 4.79 Å². The molecule has 2 atom stereocenters. The largest absolute Gasteiger partial charge is 0.394 e. The molecule has 10 heteroatoms. The highest BCUT2D eigenvalue weighted by Gasteiger charge is 2.15. The minimum atomic E-state index is -1.14. The summed E-state index contributed by atoms with van der Waals surface area (Å²) in [6, 6.07) is 3.71. The van der Waals surface area contributed by atoms with Crippen LogP contribution in [0.2, 0.25) is 0 Å². The molecule has 2 unspecified atom stereocenters. The summed E-state index contributed by atoms with van der Waals surface area (Å²) in [5.74, 6) is -1.31. The second kappa shape index (κ2) is 10.3. The predicted molar refractivity (Wildman–Crippen MR) is 85.1 cm³/mol. The number of hydrogen-bond acceptors (Lipinski definition) is 8. The Kier molecular flexibility index (Phi) is 8.40. The number of hydrogen-bond donors (Lipinski definition) is 6. The van der Waals surface area contributed by atoms with Crippen molar-refractivity contribution in [3.05, 3.63) is 29.3 Å². The average Bonchev–Trinajstić information content (AvgIpc) is 2.63. The second-order valence-electron chi connectivity index (χ2n) is 5.06. The highest BCUT2D eigenvalue weighted by atomic mass is 16.3. The van der Waals surface area contributed by atoms with Crippen molar-refractivity contribution in [2.24, 2.45) is 4.99 Å². The Balaban J connectivity index is 2.98.